The molecule has 7 nitrogen and oxygen atoms in total. The Morgan fingerprint density at radius 1 is 1.47 bits per heavy atom. The molecule has 0 bridgehead atoms. The van der Waals surface area contributed by atoms with E-state index < -0.39 is 10.8 Å². The Morgan fingerprint density at radius 2 is 2.21 bits per heavy atom. The van der Waals surface area contributed by atoms with Gasteiger partial charge in [0.1, 0.15) is 5.82 Å². The van der Waals surface area contributed by atoms with Gasteiger partial charge < -0.3 is 5.32 Å². The monoisotopic (exact) mass is 280 g/mol. The van der Waals surface area contributed by atoms with Crippen LogP contribution in [0.4, 0.5) is 11.5 Å². The van der Waals surface area contributed by atoms with Crippen molar-refractivity contribution in [3.05, 3.63) is 51.2 Å². The fourth-order valence-corrected chi connectivity index (χ4v) is 1.74. The highest BCUT2D eigenvalue weighted by atomic mass is 35.5. The van der Waals surface area contributed by atoms with Gasteiger partial charge in [0, 0.05) is 25.2 Å². The topological polar surface area (TPSA) is 90.1 Å². The van der Waals surface area contributed by atoms with Gasteiger partial charge in [0.25, 0.3) is 11.6 Å². The van der Waals surface area contributed by atoms with Gasteiger partial charge in [-0.1, -0.05) is 11.6 Å². The van der Waals surface area contributed by atoms with Crippen molar-refractivity contribution in [3.63, 3.8) is 0 Å². The van der Waals surface area contributed by atoms with Crippen LogP contribution in [0.3, 0.4) is 0 Å². The van der Waals surface area contributed by atoms with Gasteiger partial charge in [-0.25, -0.2) is 0 Å². The SMILES string of the molecule is Cn1nccc1NC(=O)c1ccc([N+](=O)[O-])cc1Cl. The molecule has 98 valence electrons. The number of nitrogens with one attached hydrogen (secondary N) is 1. The van der Waals surface area contributed by atoms with Crippen LogP contribution in [0.25, 0.3) is 0 Å². The number of rotatable bonds is 3. The molecule has 1 aromatic carbocycles. The molecule has 0 saturated heterocycles. The van der Waals surface area contributed by atoms with E-state index in [4.69, 9.17) is 11.6 Å². The quantitative estimate of drug-likeness (QED) is 0.689. The first-order valence-electron chi connectivity index (χ1n) is 5.22. The number of amides is 1. The number of aromatic nitrogens is 2. The van der Waals surface area contributed by atoms with Crippen LogP contribution in [0, 0.1) is 10.1 Å². The van der Waals surface area contributed by atoms with Gasteiger partial charge in [-0.15, -0.1) is 0 Å². The lowest BCUT2D eigenvalue weighted by molar-refractivity contribution is -0.384. The van der Waals surface area contributed by atoms with Gasteiger partial charge in [-0.05, 0) is 6.07 Å². The number of nitro groups is 1. The summed E-state index contributed by atoms with van der Waals surface area (Å²) in [7, 11) is 1.67. The number of halogens is 1. The molecule has 0 saturated carbocycles. The molecule has 2 aromatic rings. The highest BCUT2D eigenvalue weighted by molar-refractivity contribution is 6.34. The molecule has 0 aliphatic carbocycles. The molecule has 19 heavy (non-hydrogen) atoms. The number of hydrogen-bond donors (Lipinski definition) is 1. The molecule has 1 N–H and O–H groups in total. The first-order chi connectivity index (χ1) is 8.99. The molecule has 0 radical (unpaired) electrons. The first-order valence-corrected chi connectivity index (χ1v) is 5.60. The lowest BCUT2D eigenvalue weighted by Crippen LogP contribution is -2.15. The Bertz CT molecular complexity index is 653. The molecule has 0 fully saturated rings. The van der Waals surface area contributed by atoms with E-state index >= 15 is 0 Å². The van der Waals surface area contributed by atoms with Crippen LogP contribution in [0.2, 0.25) is 5.02 Å². The number of aryl methyl sites for hydroxylation is 1. The van der Waals surface area contributed by atoms with Crippen molar-refractivity contribution in [2.24, 2.45) is 7.05 Å². The minimum absolute atomic E-state index is 0.0221. The fraction of sp³-hybridized carbons (Fsp3) is 0.0909. The van der Waals surface area contributed by atoms with Crippen LogP contribution in [0.15, 0.2) is 30.5 Å². The second-order valence-electron chi connectivity index (χ2n) is 3.72. The Hall–Kier alpha value is -2.41. The number of hydrogen-bond acceptors (Lipinski definition) is 4. The van der Waals surface area contributed by atoms with Gasteiger partial charge >= 0.3 is 0 Å². The molecule has 0 spiro atoms. The fourth-order valence-electron chi connectivity index (χ4n) is 1.48. The Labute approximate surface area is 112 Å². The van der Waals surface area contributed by atoms with Crippen molar-refractivity contribution in [2.75, 3.05) is 5.32 Å². The number of nitro benzene ring substituents is 1. The lowest BCUT2D eigenvalue weighted by Gasteiger charge is -2.06. The average molecular weight is 281 g/mol. The van der Waals surface area contributed by atoms with E-state index in [9.17, 15) is 14.9 Å². The third kappa shape index (κ3) is 2.71. The van der Waals surface area contributed by atoms with Crippen LogP contribution in [0.5, 0.6) is 0 Å². The van der Waals surface area contributed by atoms with Gasteiger partial charge in [-0.2, -0.15) is 5.10 Å². The maximum absolute atomic E-state index is 12.0. The summed E-state index contributed by atoms with van der Waals surface area (Å²) in [5.41, 5.74) is -0.00412. The predicted octanol–water partition coefficient (Wildman–Crippen LogP) is 2.23. The number of carbonyl (C=O) groups excluding carboxylic acids is 1. The van der Waals surface area contributed by atoms with Crippen LogP contribution >= 0.6 is 11.6 Å². The molecule has 0 aliphatic rings. The third-order valence-electron chi connectivity index (χ3n) is 2.47. The molecule has 0 aliphatic heterocycles. The van der Waals surface area contributed by atoms with Crippen LogP contribution in [-0.4, -0.2) is 20.6 Å². The van der Waals surface area contributed by atoms with E-state index in [1.807, 2.05) is 0 Å². The number of carbonyl (C=O) groups is 1. The normalized spacial score (nSPS) is 10.2. The average Bonchev–Trinajstić information content (AvgIpc) is 2.74. The Balaban J connectivity index is 2.25. The number of non-ortho nitro benzene ring substituents is 1. The maximum atomic E-state index is 12.0. The van der Waals surface area contributed by atoms with Gasteiger partial charge in [-0.3, -0.25) is 19.6 Å². The zero-order chi connectivity index (χ0) is 14.0. The number of benzene rings is 1. The lowest BCUT2D eigenvalue weighted by atomic mass is 10.2. The summed E-state index contributed by atoms with van der Waals surface area (Å²) >= 11 is 5.86. The summed E-state index contributed by atoms with van der Waals surface area (Å²) in [6, 6.07) is 5.30. The molecule has 0 unspecified atom stereocenters. The molecule has 0 atom stereocenters. The molecule has 1 amide bonds. The van der Waals surface area contributed by atoms with Crippen LogP contribution in [-0.2, 0) is 7.05 Å². The predicted molar refractivity (Wildman–Crippen MR) is 69.3 cm³/mol. The maximum Gasteiger partial charge on any atom is 0.270 e. The highest BCUT2D eigenvalue weighted by Gasteiger charge is 2.15. The molecule has 8 heteroatoms. The standard InChI is InChI=1S/C11H9ClN4O3/c1-15-10(4-5-13-15)14-11(17)8-3-2-7(16(18)19)6-9(8)12/h2-6H,1H3,(H,14,17). The van der Waals surface area contributed by atoms with E-state index in [1.54, 1.807) is 13.1 Å². The zero-order valence-corrected chi connectivity index (χ0v) is 10.6. The number of anilines is 1. The molecular formula is C11H9ClN4O3. The van der Waals surface area contributed by atoms with Crippen LogP contribution < -0.4 is 5.32 Å². The van der Waals surface area contributed by atoms with E-state index in [0.717, 1.165) is 6.07 Å². The van der Waals surface area contributed by atoms with E-state index in [2.05, 4.69) is 10.4 Å². The van der Waals surface area contributed by atoms with Crippen molar-refractivity contribution in [3.8, 4) is 0 Å². The summed E-state index contributed by atoms with van der Waals surface area (Å²) in [5.74, 6) is 0.0444. The second kappa shape index (κ2) is 5.07. The summed E-state index contributed by atoms with van der Waals surface area (Å²) in [6.07, 6.45) is 1.53. The summed E-state index contributed by atoms with van der Waals surface area (Å²) in [4.78, 5) is 22.0. The Morgan fingerprint density at radius 3 is 2.74 bits per heavy atom. The number of nitrogens with zero attached hydrogens (tertiary/aromatic N) is 3. The largest absolute Gasteiger partial charge is 0.307 e. The van der Waals surface area contributed by atoms with Crippen molar-refractivity contribution >= 4 is 29.0 Å². The summed E-state index contributed by atoms with van der Waals surface area (Å²) in [5, 5.41) is 17.1. The van der Waals surface area contributed by atoms with Crippen LogP contribution in [0.1, 0.15) is 10.4 Å². The third-order valence-corrected chi connectivity index (χ3v) is 2.78. The second-order valence-corrected chi connectivity index (χ2v) is 4.12. The zero-order valence-electron chi connectivity index (χ0n) is 9.83. The molecular weight excluding hydrogens is 272 g/mol. The smallest absolute Gasteiger partial charge is 0.270 e. The minimum atomic E-state index is -0.575. The van der Waals surface area contributed by atoms with Crippen molar-refractivity contribution in [1.29, 1.82) is 0 Å². The summed E-state index contributed by atoms with van der Waals surface area (Å²) < 4.78 is 1.48. The van der Waals surface area contributed by atoms with Crippen molar-refractivity contribution < 1.29 is 9.72 Å². The van der Waals surface area contributed by atoms with Gasteiger partial charge in [0.15, 0.2) is 0 Å². The summed E-state index contributed by atoms with van der Waals surface area (Å²) in [6.45, 7) is 0. The van der Waals surface area contributed by atoms with Gasteiger partial charge in [0.2, 0.25) is 0 Å². The van der Waals surface area contributed by atoms with E-state index in [0.29, 0.717) is 5.82 Å². The Kier molecular flexibility index (Phi) is 3.48. The van der Waals surface area contributed by atoms with E-state index in [1.165, 1.54) is 23.0 Å². The van der Waals surface area contributed by atoms with Gasteiger partial charge in [0.05, 0.1) is 21.7 Å². The molecule has 1 aromatic heterocycles. The van der Waals surface area contributed by atoms with Crippen molar-refractivity contribution in [2.45, 2.75) is 0 Å². The first kappa shape index (κ1) is 13.0. The molecule has 2 rings (SSSR count). The minimum Gasteiger partial charge on any atom is -0.307 e. The van der Waals surface area contributed by atoms with E-state index in [-0.39, 0.29) is 16.3 Å². The molecule has 1 heterocycles. The highest BCUT2D eigenvalue weighted by Crippen LogP contribution is 2.23. The van der Waals surface area contributed by atoms with Crippen molar-refractivity contribution in [1.82, 2.24) is 9.78 Å².